The van der Waals surface area contributed by atoms with Gasteiger partial charge >= 0.3 is 23.6 Å². The Bertz CT molecular complexity index is 244. The summed E-state index contributed by atoms with van der Waals surface area (Å²) in [6, 6.07) is 0. The Morgan fingerprint density at radius 2 is 1.20 bits per heavy atom. The van der Waals surface area contributed by atoms with E-state index < -0.39 is 30.2 Å². The predicted octanol–water partition coefficient (Wildman–Crippen LogP) is 3.00. The lowest BCUT2D eigenvalue weighted by Crippen LogP contribution is -2.85. The molecule has 1 saturated carbocycles. The Morgan fingerprint density at radius 3 is 1.53 bits per heavy atom. The van der Waals surface area contributed by atoms with Gasteiger partial charge in [-0.25, -0.2) is 0 Å². The first-order valence-electron chi connectivity index (χ1n) is 4.02. The quantitative estimate of drug-likeness (QED) is 0.689. The van der Waals surface area contributed by atoms with Crippen LogP contribution in [0.1, 0.15) is 13.3 Å². The van der Waals surface area contributed by atoms with Crippen LogP contribution in [0.15, 0.2) is 0 Å². The van der Waals surface area contributed by atoms with Crippen molar-refractivity contribution in [2.24, 2.45) is 0 Å². The molecule has 0 radical (unpaired) electrons. The molecule has 0 aromatic rings. The van der Waals surface area contributed by atoms with E-state index in [9.17, 15) is 30.7 Å². The van der Waals surface area contributed by atoms with Gasteiger partial charge in [-0.15, -0.1) is 0 Å². The average Bonchev–Trinajstić information content (AvgIpc) is 2.12. The lowest BCUT2D eigenvalue weighted by atomic mass is 9.78. The monoisotopic (exact) mass is 240 g/mol. The Morgan fingerprint density at radius 1 is 0.800 bits per heavy atom. The lowest BCUT2D eigenvalue weighted by Gasteiger charge is -2.52. The molecular formula is C7H7F7O. The molecule has 0 aromatic carbocycles. The van der Waals surface area contributed by atoms with Crippen LogP contribution in [0.25, 0.3) is 0 Å². The standard InChI is InChI=1S/C7H7F7O/c1-2-3-15-7(14)5(10,11)4(8,9)6(7,12)13/h2-3H2,1H3. The number of ether oxygens (including phenoxy) is 1. The van der Waals surface area contributed by atoms with Gasteiger partial charge in [0.05, 0.1) is 6.61 Å². The van der Waals surface area contributed by atoms with Crippen LogP contribution < -0.4 is 0 Å². The van der Waals surface area contributed by atoms with Gasteiger partial charge in [-0.1, -0.05) is 6.92 Å². The number of halogens is 7. The van der Waals surface area contributed by atoms with E-state index in [1.807, 2.05) is 0 Å². The maximum atomic E-state index is 12.9. The zero-order chi connectivity index (χ0) is 12.1. The van der Waals surface area contributed by atoms with E-state index in [4.69, 9.17) is 0 Å². The zero-order valence-corrected chi connectivity index (χ0v) is 7.47. The fraction of sp³-hybridized carbons (Fsp3) is 1.00. The highest BCUT2D eigenvalue weighted by atomic mass is 19.4. The predicted molar refractivity (Wildman–Crippen MR) is 34.9 cm³/mol. The van der Waals surface area contributed by atoms with Gasteiger partial charge < -0.3 is 4.74 Å². The van der Waals surface area contributed by atoms with Crippen molar-refractivity contribution in [2.45, 2.75) is 37.0 Å². The first kappa shape index (κ1) is 12.5. The van der Waals surface area contributed by atoms with Gasteiger partial charge in [0.2, 0.25) is 0 Å². The Hall–Kier alpha value is -0.530. The molecule has 0 atom stereocenters. The summed E-state index contributed by atoms with van der Waals surface area (Å²) in [5.41, 5.74) is 0. The molecule has 0 heterocycles. The van der Waals surface area contributed by atoms with Gasteiger partial charge in [-0.2, -0.15) is 30.7 Å². The molecular weight excluding hydrogens is 233 g/mol. The van der Waals surface area contributed by atoms with Gasteiger partial charge in [0.1, 0.15) is 0 Å². The number of hydrogen-bond acceptors (Lipinski definition) is 1. The van der Waals surface area contributed by atoms with E-state index in [1.165, 1.54) is 6.92 Å². The van der Waals surface area contributed by atoms with Crippen LogP contribution in [0.2, 0.25) is 0 Å². The van der Waals surface area contributed by atoms with E-state index in [0.717, 1.165) is 0 Å². The van der Waals surface area contributed by atoms with Crippen LogP contribution >= 0.6 is 0 Å². The third-order valence-corrected chi connectivity index (χ3v) is 2.10. The molecule has 0 N–H and O–H groups in total. The Balaban J connectivity index is 3.00. The van der Waals surface area contributed by atoms with Crippen LogP contribution in [0, 0.1) is 0 Å². The molecule has 0 bridgehead atoms. The van der Waals surface area contributed by atoms with Crippen LogP contribution in [0.4, 0.5) is 30.7 Å². The van der Waals surface area contributed by atoms with Crippen LogP contribution in [0.3, 0.4) is 0 Å². The van der Waals surface area contributed by atoms with Crippen molar-refractivity contribution in [3.8, 4) is 0 Å². The fourth-order valence-corrected chi connectivity index (χ4v) is 1.16. The SMILES string of the molecule is CCCOC1(F)C(F)(F)C(F)(F)C1(F)F. The van der Waals surface area contributed by atoms with Crippen molar-refractivity contribution in [1.82, 2.24) is 0 Å². The third-order valence-electron chi connectivity index (χ3n) is 2.10. The van der Waals surface area contributed by atoms with Crippen LogP contribution in [-0.2, 0) is 4.74 Å². The fourth-order valence-electron chi connectivity index (χ4n) is 1.16. The molecule has 15 heavy (non-hydrogen) atoms. The van der Waals surface area contributed by atoms with E-state index in [0.29, 0.717) is 0 Å². The van der Waals surface area contributed by atoms with E-state index in [-0.39, 0.29) is 6.42 Å². The molecule has 1 rings (SSSR count). The third kappa shape index (κ3) is 1.08. The van der Waals surface area contributed by atoms with Crippen LogP contribution in [0.5, 0.6) is 0 Å². The zero-order valence-electron chi connectivity index (χ0n) is 7.47. The van der Waals surface area contributed by atoms with Crippen molar-refractivity contribution in [3.05, 3.63) is 0 Å². The molecule has 0 aromatic heterocycles. The minimum atomic E-state index is -5.72. The maximum absolute atomic E-state index is 12.9. The van der Waals surface area contributed by atoms with Crippen molar-refractivity contribution in [1.29, 1.82) is 0 Å². The van der Waals surface area contributed by atoms with Crippen molar-refractivity contribution in [3.63, 3.8) is 0 Å². The maximum Gasteiger partial charge on any atom is 0.384 e. The Kier molecular flexibility index (Phi) is 2.50. The summed E-state index contributed by atoms with van der Waals surface area (Å²) in [5, 5.41) is 0. The second-order valence-electron chi connectivity index (χ2n) is 3.17. The number of rotatable bonds is 3. The number of hydrogen-bond donors (Lipinski definition) is 0. The lowest BCUT2D eigenvalue weighted by molar-refractivity contribution is -0.532. The summed E-state index contributed by atoms with van der Waals surface area (Å²) >= 11 is 0. The van der Waals surface area contributed by atoms with Crippen LogP contribution in [-0.4, -0.2) is 30.2 Å². The van der Waals surface area contributed by atoms with E-state index >= 15 is 0 Å². The average molecular weight is 240 g/mol. The Labute approximate surface area is 80.2 Å². The first-order chi connectivity index (χ1) is 6.56. The van der Waals surface area contributed by atoms with Crippen molar-refractivity contribution >= 4 is 0 Å². The highest BCUT2D eigenvalue weighted by Gasteiger charge is 3.01. The summed E-state index contributed by atoms with van der Waals surface area (Å²) in [7, 11) is 0. The smallest absolute Gasteiger partial charge is 0.336 e. The molecule has 0 amide bonds. The number of alkyl halides is 7. The first-order valence-corrected chi connectivity index (χ1v) is 4.02. The molecule has 0 unspecified atom stereocenters. The van der Waals surface area contributed by atoms with E-state index in [1.54, 1.807) is 0 Å². The molecule has 1 aliphatic rings. The van der Waals surface area contributed by atoms with Gasteiger partial charge in [-0.3, -0.25) is 0 Å². The molecule has 1 nitrogen and oxygen atoms in total. The van der Waals surface area contributed by atoms with Gasteiger partial charge in [0.25, 0.3) is 0 Å². The largest absolute Gasteiger partial charge is 0.384 e. The van der Waals surface area contributed by atoms with Gasteiger partial charge in [-0.05, 0) is 6.42 Å². The highest BCUT2D eigenvalue weighted by molar-refractivity contribution is 5.23. The summed E-state index contributed by atoms with van der Waals surface area (Å²) < 4.78 is 90.7. The van der Waals surface area contributed by atoms with Crippen molar-refractivity contribution < 1.29 is 35.5 Å². The molecule has 0 saturated heterocycles. The molecule has 1 fully saturated rings. The minimum absolute atomic E-state index is 0.0522. The normalized spacial score (nSPS) is 29.6. The molecule has 8 heteroatoms. The molecule has 0 aliphatic heterocycles. The summed E-state index contributed by atoms with van der Waals surface area (Å²) in [5.74, 6) is -21.7. The van der Waals surface area contributed by atoms with E-state index in [2.05, 4.69) is 4.74 Å². The van der Waals surface area contributed by atoms with Gasteiger partial charge in [0, 0.05) is 0 Å². The van der Waals surface area contributed by atoms with Gasteiger partial charge in [0.15, 0.2) is 0 Å². The highest BCUT2D eigenvalue weighted by Crippen LogP contribution is 2.68. The summed E-state index contributed by atoms with van der Waals surface area (Å²) in [4.78, 5) is 0. The second kappa shape index (κ2) is 2.99. The minimum Gasteiger partial charge on any atom is -0.336 e. The summed E-state index contributed by atoms with van der Waals surface area (Å²) in [6.45, 7) is 0.536. The molecule has 0 spiro atoms. The van der Waals surface area contributed by atoms with Crippen molar-refractivity contribution in [2.75, 3.05) is 6.61 Å². The topological polar surface area (TPSA) is 9.23 Å². The molecule has 90 valence electrons. The summed E-state index contributed by atoms with van der Waals surface area (Å²) in [6.07, 6.45) is -0.0522. The molecule has 1 aliphatic carbocycles. The second-order valence-corrected chi connectivity index (χ2v) is 3.17.